The molecule has 1 heterocycles. The van der Waals surface area contributed by atoms with E-state index in [1.807, 2.05) is 33.9 Å². The first-order valence-corrected chi connectivity index (χ1v) is 5.12. The lowest BCUT2D eigenvalue weighted by Gasteiger charge is -2.25. The molecule has 0 bridgehead atoms. The molecule has 0 aliphatic heterocycles. The maximum Gasteiger partial charge on any atom is 0.126 e. The van der Waals surface area contributed by atoms with E-state index in [1.54, 1.807) is 6.26 Å². The SMILES string of the molecule is Cc1occc1CN(C)CC(C)(C)C=O. The van der Waals surface area contributed by atoms with Crippen LogP contribution in [-0.4, -0.2) is 24.8 Å². The molecule has 0 aliphatic carbocycles. The molecule has 0 fully saturated rings. The van der Waals surface area contributed by atoms with E-state index in [1.165, 1.54) is 5.56 Å². The lowest BCUT2D eigenvalue weighted by Crippen LogP contribution is -2.32. The Labute approximate surface area is 91.1 Å². The van der Waals surface area contributed by atoms with Crippen molar-refractivity contribution in [1.82, 2.24) is 4.90 Å². The Morgan fingerprint density at radius 3 is 2.67 bits per heavy atom. The van der Waals surface area contributed by atoms with Crippen LogP contribution in [0.15, 0.2) is 16.7 Å². The van der Waals surface area contributed by atoms with Crippen molar-refractivity contribution in [3.8, 4) is 0 Å². The van der Waals surface area contributed by atoms with Gasteiger partial charge in [-0.2, -0.15) is 0 Å². The number of hydrogen-bond acceptors (Lipinski definition) is 3. The van der Waals surface area contributed by atoms with Crippen LogP contribution in [-0.2, 0) is 11.3 Å². The van der Waals surface area contributed by atoms with E-state index in [9.17, 15) is 4.79 Å². The van der Waals surface area contributed by atoms with Crippen LogP contribution in [0.2, 0.25) is 0 Å². The van der Waals surface area contributed by atoms with Gasteiger partial charge in [-0.15, -0.1) is 0 Å². The van der Waals surface area contributed by atoms with Gasteiger partial charge in [0.05, 0.1) is 6.26 Å². The summed E-state index contributed by atoms with van der Waals surface area (Å²) in [5.41, 5.74) is 0.894. The van der Waals surface area contributed by atoms with Gasteiger partial charge < -0.3 is 14.1 Å². The fraction of sp³-hybridized carbons (Fsp3) is 0.583. The maximum atomic E-state index is 10.8. The van der Waals surface area contributed by atoms with Gasteiger partial charge >= 0.3 is 0 Å². The van der Waals surface area contributed by atoms with Crippen LogP contribution in [0.5, 0.6) is 0 Å². The van der Waals surface area contributed by atoms with E-state index in [0.717, 1.165) is 25.1 Å². The Bertz CT molecular complexity index is 328. The van der Waals surface area contributed by atoms with Gasteiger partial charge in [-0.05, 0) is 20.0 Å². The zero-order valence-electron chi connectivity index (χ0n) is 9.91. The maximum absolute atomic E-state index is 10.8. The van der Waals surface area contributed by atoms with Crippen molar-refractivity contribution in [3.63, 3.8) is 0 Å². The van der Waals surface area contributed by atoms with Gasteiger partial charge in [-0.25, -0.2) is 0 Å². The highest BCUT2D eigenvalue weighted by Crippen LogP contribution is 2.16. The molecule has 0 saturated heterocycles. The summed E-state index contributed by atoms with van der Waals surface area (Å²) in [6, 6.07) is 1.97. The molecule has 84 valence electrons. The minimum Gasteiger partial charge on any atom is -0.469 e. The summed E-state index contributed by atoms with van der Waals surface area (Å²) in [5.74, 6) is 0.950. The molecule has 0 amide bonds. The molecule has 1 aromatic rings. The largest absolute Gasteiger partial charge is 0.469 e. The van der Waals surface area contributed by atoms with Crippen LogP contribution in [0.3, 0.4) is 0 Å². The van der Waals surface area contributed by atoms with Crippen LogP contribution in [0.4, 0.5) is 0 Å². The smallest absolute Gasteiger partial charge is 0.126 e. The molecule has 0 N–H and O–H groups in total. The van der Waals surface area contributed by atoms with Gasteiger partial charge in [0.2, 0.25) is 0 Å². The molecule has 3 nitrogen and oxygen atoms in total. The lowest BCUT2D eigenvalue weighted by molar-refractivity contribution is -0.115. The van der Waals surface area contributed by atoms with Crippen molar-refractivity contribution in [2.24, 2.45) is 5.41 Å². The Balaban J connectivity index is 2.53. The summed E-state index contributed by atoms with van der Waals surface area (Å²) < 4.78 is 5.23. The topological polar surface area (TPSA) is 33.5 Å². The normalized spacial score (nSPS) is 12.1. The fourth-order valence-electron chi connectivity index (χ4n) is 1.65. The number of aryl methyl sites for hydroxylation is 1. The average Bonchev–Trinajstić information content (AvgIpc) is 2.51. The number of carbonyl (C=O) groups excluding carboxylic acids is 1. The molecular weight excluding hydrogens is 190 g/mol. The van der Waals surface area contributed by atoms with Crippen LogP contribution in [0.1, 0.15) is 25.2 Å². The second-order valence-electron chi connectivity index (χ2n) is 4.78. The minimum atomic E-state index is -0.285. The van der Waals surface area contributed by atoms with Crippen molar-refractivity contribution in [1.29, 1.82) is 0 Å². The molecule has 0 aliphatic rings. The van der Waals surface area contributed by atoms with E-state index >= 15 is 0 Å². The molecule has 0 saturated carbocycles. The van der Waals surface area contributed by atoms with E-state index in [2.05, 4.69) is 4.90 Å². The zero-order chi connectivity index (χ0) is 11.5. The molecule has 0 unspecified atom stereocenters. The second-order valence-corrected chi connectivity index (χ2v) is 4.78. The van der Waals surface area contributed by atoms with Gasteiger partial charge in [-0.1, -0.05) is 13.8 Å². The summed E-state index contributed by atoms with van der Waals surface area (Å²) in [6.07, 6.45) is 2.70. The van der Waals surface area contributed by atoms with Gasteiger partial charge in [0.25, 0.3) is 0 Å². The Kier molecular flexibility index (Phi) is 3.69. The van der Waals surface area contributed by atoms with Gasteiger partial charge in [0.1, 0.15) is 12.0 Å². The molecule has 0 aromatic carbocycles. The summed E-state index contributed by atoms with van der Waals surface area (Å²) >= 11 is 0. The van der Waals surface area contributed by atoms with Crippen LogP contribution in [0, 0.1) is 12.3 Å². The Hall–Kier alpha value is -1.09. The average molecular weight is 209 g/mol. The third-order valence-corrected chi connectivity index (χ3v) is 2.40. The fourth-order valence-corrected chi connectivity index (χ4v) is 1.65. The van der Waals surface area contributed by atoms with Crippen LogP contribution < -0.4 is 0 Å². The van der Waals surface area contributed by atoms with Gasteiger partial charge in [-0.3, -0.25) is 0 Å². The third kappa shape index (κ3) is 3.51. The van der Waals surface area contributed by atoms with Crippen molar-refractivity contribution in [3.05, 3.63) is 23.7 Å². The minimum absolute atomic E-state index is 0.285. The van der Waals surface area contributed by atoms with E-state index in [0.29, 0.717) is 0 Å². The van der Waals surface area contributed by atoms with Gasteiger partial charge in [0.15, 0.2) is 0 Å². The molecular formula is C12H19NO2. The zero-order valence-corrected chi connectivity index (χ0v) is 9.91. The number of rotatable bonds is 5. The molecule has 0 spiro atoms. The number of aldehydes is 1. The first-order chi connectivity index (χ1) is 6.94. The monoisotopic (exact) mass is 209 g/mol. The predicted octanol–water partition coefficient (Wildman–Crippen LogP) is 2.24. The van der Waals surface area contributed by atoms with E-state index < -0.39 is 0 Å². The lowest BCUT2D eigenvalue weighted by atomic mass is 9.95. The molecule has 0 radical (unpaired) electrons. The van der Waals surface area contributed by atoms with E-state index in [-0.39, 0.29) is 5.41 Å². The first kappa shape index (κ1) is 12.0. The standard InChI is InChI=1S/C12H19NO2/c1-10-11(5-6-15-10)7-13(4)8-12(2,3)9-14/h5-6,9H,7-8H2,1-4H3. The highest BCUT2D eigenvalue weighted by molar-refractivity contribution is 5.58. The Morgan fingerprint density at radius 1 is 1.53 bits per heavy atom. The summed E-state index contributed by atoms with van der Waals surface area (Å²) in [4.78, 5) is 12.9. The molecule has 1 rings (SSSR count). The number of hydrogen-bond donors (Lipinski definition) is 0. The Morgan fingerprint density at radius 2 is 2.20 bits per heavy atom. The van der Waals surface area contributed by atoms with Crippen LogP contribution in [0.25, 0.3) is 0 Å². The molecule has 15 heavy (non-hydrogen) atoms. The second kappa shape index (κ2) is 4.62. The first-order valence-electron chi connectivity index (χ1n) is 5.12. The number of furan rings is 1. The molecule has 0 atom stereocenters. The summed E-state index contributed by atoms with van der Waals surface area (Å²) in [7, 11) is 2.01. The van der Waals surface area contributed by atoms with Gasteiger partial charge in [0, 0.05) is 24.1 Å². The predicted molar refractivity (Wildman–Crippen MR) is 59.6 cm³/mol. The quantitative estimate of drug-likeness (QED) is 0.697. The van der Waals surface area contributed by atoms with Crippen molar-refractivity contribution < 1.29 is 9.21 Å². The van der Waals surface area contributed by atoms with Crippen LogP contribution >= 0.6 is 0 Å². The van der Waals surface area contributed by atoms with Crippen molar-refractivity contribution in [2.75, 3.05) is 13.6 Å². The van der Waals surface area contributed by atoms with Crippen molar-refractivity contribution in [2.45, 2.75) is 27.3 Å². The highest BCUT2D eigenvalue weighted by Gasteiger charge is 2.19. The number of nitrogens with zero attached hydrogens (tertiary/aromatic N) is 1. The summed E-state index contributed by atoms with van der Waals surface area (Å²) in [6.45, 7) is 7.41. The summed E-state index contributed by atoms with van der Waals surface area (Å²) in [5, 5.41) is 0. The third-order valence-electron chi connectivity index (χ3n) is 2.40. The van der Waals surface area contributed by atoms with Crippen molar-refractivity contribution >= 4 is 6.29 Å². The van der Waals surface area contributed by atoms with E-state index in [4.69, 9.17) is 4.42 Å². The molecule has 3 heteroatoms. The highest BCUT2D eigenvalue weighted by atomic mass is 16.3. The number of carbonyl (C=O) groups is 1. The molecule has 1 aromatic heterocycles.